The minimum atomic E-state index is -3.63. The molecule has 1 saturated heterocycles. The van der Waals surface area contributed by atoms with Gasteiger partial charge in [0.05, 0.1) is 5.75 Å². The van der Waals surface area contributed by atoms with Gasteiger partial charge >= 0.3 is 0 Å². The van der Waals surface area contributed by atoms with Gasteiger partial charge in [-0.05, 0) is 43.9 Å². The number of carbonyl (C=O) groups excluding carboxylic acids is 2. The second kappa shape index (κ2) is 11.5. The number of unbranched alkanes of at least 4 members (excludes halogenated alkanes) is 2. The number of imide groups is 1. The first-order chi connectivity index (χ1) is 14.6. The van der Waals surface area contributed by atoms with Crippen LogP contribution in [0.5, 0.6) is 5.75 Å². The lowest BCUT2D eigenvalue weighted by atomic mass is 9.92. The molecule has 11 heteroatoms. The van der Waals surface area contributed by atoms with E-state index in [1.54, 1.807) is 6.92 Å². The van der Waals surface area contributed by atoms with Gasteiger partial charge in [0, 0.05) is 18.4 Å². The van der Waals surface area contributed by atoms with E-state index in [-0.39, 0.29) is 29.2 Å². The Hall–Kier alpha value is -2.14. The number of hydrogen-bond acceptors (Lipinski definition) is 5. The molecule has 0 spiro atoms. The van der Waals surface area contributed by atoms with Crippen LogP contribution in [0.4, 0.5) is 13.2 Å². The Morgan fingerprint density at radius 1 is 1.23 bits per heavy atom. The van der Waals surface area contributed by atoms with Crippen molar-refractivity contribution in [2.24, 2.45) is 5.92 Å². The molecule has 2 amide bonds. The van der Waals surface area contributed by atoms with Crippen molar-refractivity contribution >= 4 is 21.8 Å². The molecule has 0 aromatic heterocycles. The molecular weight excluding hydrogens is 437 g/mol. The van der Waals surface area contributed by atoms with Crippen molar-refractivity contribution in [1.82, 2.24) is 10.0 Å². The highest BCUT2D eigenvalue weighted by atomic mass is 32.2. The zero-order chi connectivity index (χ0) is 23.0. The molecule has 1 heterocycles. The monoisotopic (exact) mass is 464 g/mol. The molecule has 0 aliphatic carbocycles. The lowest BCUT2D eigenvalue weighted by Gasteiger charge is -2.20. The molecule has 31 heavy (non-hydrogen) atoms. The maximum atomic E-state index is 13.7. The lowest BCUT2D eigenvalue weighted by molar-refractivity contribution is -0.136. The number of alkyl halides is 2. The van der Waals surface area contributed by atoms with Crippen LogP contribution < -0.4 is 14.8 Å². The van der Waals surface area contributed by atoms with Gasteiger partial charge in [0.1, 0.15) is 6.61 Å². The van der Waals surface area contributed by atoms with E-state index < -0.39 is 34.9 Å². The van der Waals surface area contributed by atoms with E-state index in [9.17, 15) is 31.2 Å². The van der Waals surface area contributed by atoms with Crippen LogP contribution in [0.2, 0.25) is 0 Å². The first-order valence-corrected chi connectivity index (χ1v) is 11.8. The highest BCUT2D eigenvalue weighted by Crippen LogP contribution is 2.24. The van der Waals surface area contributed by atoms with Crippen molar-refractivity contribution in [3.8, 4) is 5.75 Å². The van der Waals surface area contributed by atoms with Gasteiger partial charge in [-0.1, -0.05) is 18.9 Å². The molecule has 174 valence electrons. The summed E-state index contributed by atoms with van der Waals surface area (Å²) >= 11 is 0. The number of hydrogen-bond donors (Lipinski definition) is 2. The van der Waals surface area contributed by atoms with Gasteiger partial charge < -0.3 is 4.74 Å². The maximum absolute atomic E-state index is 13.7. The molecule has 1 fully saturated rings. The molecule has 1 aliphatic heterocycles. The third-order valence-corrected chi connectivity index (χ3v) is 6.53. The zero-order valence-corrected chi connectivity index (χ0v) is 18.0. The van der Waals surface area contributed by atoms with Crippen molar-refractivity contribution in [2.75, 3.05) is 12.4 Å². The minimum Gasteiger partial charge on any atom is -0.485 e. The second-order valence-electron chi connectivity index (χ2n) is 7.55. The molecule has 7 nitrogen and oxygen atoms in total. The van der Waals surface area contributed by atoms with Crippen LogP contribution in [-0.4, -0.2) is 39.0 Å². The first-order valence-electron chi connectivity index (χ1n) is 10.1. The Morgan fingerprint density at radius 3 is 2.65 bits per heavy atom. The van der Waals surface area contributed by atoms with Gasteiger partial charge in [0.25, 0.3) is 6.43 Å². The molecule has 1 aromatic rings. The van der Waals surface area contributed by atoms with E-state index in [4.69, 9.17) is 4.74 Å². The van der Waals surface area contributed by atoms with Crippen LogP contribution in [0.25, 0.3) is 0 Å². The van der Waals surface area contributed by atoms with Crippen molar-refractivity contribution in [2.45, 2.75) is 57.9 Å². The van der Waals surface area contributed by atoms with E-state index in [1.807, 2.05) is 0 Å². The normalized spacial score (nSPS) is 18.2. The molecule has 1 aromatic carbocycles. The molecule has 2 rings (SSSR count). The minimum absolute atomic E-state index is 0.122. The van der Waals surface area contributed by atoms with Crippen molar-refractivity contribution in [1.29, 1.82) is 0 Å². The average molecular weight is 465 g/mol. The SMILES string of the molecule is C[C@@H](NS(=O)(=O)CCCCCC1CCC(=O)NC1=O)c1ccc(F)c(OCC(F)F)c1. The van der Waals surface area contributed by atoms with E-state index >= 15 is 0 Å². The highest BCUT2D eigenvalue weighted by Gasteiger charge is 2.26. The fourth-order valence-corrected chi connectivity index (χ4v) is 4.70. The van der Waals surface area contributed by atoms with Crippen LogP contribution in [0, 0.1) is 11.7 Å². The summed E-state index contributed by atoms with van der Waals surface area (Å²) in [6.07, 6.45) is 0.346. The van der Waals surface area contributed by atoms with Crippen LogP contribution >= 0.6 is 0 Å². The van der Waals surface area contributed by atoms with Crippen molar-refractivity contribution < 1.29 is 35.9 Å². The molecule has 1 unspecified atom stereocenters. The largest absolute Gasteiger partial charge is 0.485 e. The summed E-state index contributed by atoms with van der Waals surface area (Å²) in [5, 5.41) is 2.30. The first kappa shape index (κ1) is 25.1. The molecular formula is C20H27F3N2O5S. The molecule has 0 bridgehead atoms. The lowest BCUT2D eigenvalue weighted by Crippen LogP contribution is -2.40. The van der Waals surface area contributed by atoms with E-state index in [0.717, 1.165) is 6.07 Å². The summed E-state index contributed by atoms with van der Waals surface area (Å²) in [5.74, 6) is -2.04. The molecule has 0 radical (unpaired) electrons. The number of nitrogens with one attached hydrogen (secondary N) is 2. The van der Waals surface area contributed by atoms with Crippen LogP contribution in [0.3, 0.4) is 0 Å². The van der Waals surface area contributed by atoms with Crippen LogP contribution in [0.15, 0.2) is 18.2 Å². The Morgan fingerprint density at radius 2 is 1.97 bits per heavy atom. The number of ether oxygens (including phenoxy) is 1. The van der Waals surface area contributed by atoms with Gasteiger partial charge in [0.15, 0.2) is 11.6 Å². The van der Waals surface area contributed by atoms with Gasteiger partial charge in [-0.15, -0.1) is 0 Å². The Labute approximate surface area is 179 Å². The van der Waals surface area contributed by atoms with Gasteiger partial charge in [-0.2, -0.15) is 0 Å². The number of benzene rings is 1. The Kier molecular flexibility index (Phi) is 9.30. The number of amides is 2. The van der Waals surface area contributed by atoms with Crippen molar-refractivity contribution in [3.05, 3.63) is 29.6 Å². The summed E-state index contributed by atoms with van der Waals surface area (Å²) in [6.45, 7) is 0.601. The van der Waals surface area contributed by atoms with E-state index in [2.05, 4.69) is 10.0 Å². The number of carbonyl (C=O) groups is 2. The summed E-state index contributed by atoms with van der Waals surface area (Å²) in [4.78, 5) is 22.8. The number of halogens is 3. The van der Waals surface area contributed by atoms with Crippen LogP contribution in [-0.2, 0) is 19.6 Å². The molecule has 2 atom stereocenters. The van der Waals surface area contributed by atoms with Gasteiger partial charge in [-0.3, -0.25) is 14.9 Å². The molecule has 0 saturated carbocycles. The molecule has 2 N–H and O–H groups in total. The average Bonchev–Trinajstić information content (AvgIpc) is 2.68. The standard InChI is InChI=1S/C20H27F3N2O5S/c1-13(15-6-8-16(21)17(11-15)30-12-18(22)23)25-31(28,29)10-4-2-3-5-14-7-9-19(26)24-20(14)27/h6,8,11,13-14,18,25H,2-5,7,9-10,12H2,1H3,(H,24,26,27)/t13-,14?/m1/s1. The van der Waals surface area contributed by atoms with Gasteiger partial charge in [-0.25, -0.2) is 26.3 Å². The molecule has 1 aliphatic rings. The third kappa shape index (κ3) is 8.48. The van der Waals surface area contributed by atoms with E-state index in [0.29, 0.717) is 44.1 Å². The van der Waals surface area contributed by atoms with Crippen LogP contribution in [0.1, 0.15) is 57.1 Å². The van der Waals surface area contributed by atoms with Crippen molar-refractivity contribution in [3.63, 3.8) is 0 Å². The van der Waals surface area contributed by atoms with E-state index in [1.165, 1.54) is 12.1 Å². The predicted molar refractivity (Wildman–Crippen MR) is 108 cm³/mol. The summed E-state index contributed by atoms with van der Waals surface area (Å²) in [5.41, 5.74) is 0.382. The Bertz CT molecular complexity index is 880. The maximum Gasteiger partial charge on any atom is 0.272 e. The fourth-order valence-electron chi connectivity index (χ4n) is 3.32. The summed E-state index contributed by atoms with van der Waals surface area (Å²) in [6, 6.07) is 2.89. The smallest absolute Gasteiger partial charge is 0.272 e. The Balaban J connectivity index is 1.78. The third-order valence-electron chi connectivity index (χ3n) is 5.00. The number of sulfonamides is 1. The second-order valence-corrected chi connectivity index (χ2v) is 9.42. The quantitative estimate of drug-likeness (QED) is 0.366. The summed E-state index contributed by atoms with van der Waals surface area (Å²) in [7, 11) is -3.63. The highest BCUT2D eigenvalue weighted by molar-refractivity contribution is 7.89. The number of rotatable bonds is 12. The fraction of sp³-hybridized carbons (Fsp3) is 0.600. The topological polar surface area (TPSA) is 102 Å². The zero-order valence-electron chi connectivity index (χ0n) is 17.2. The summed E-state index contributed by atoms with van der Waals surface area (Å²) < 4.78 is 70.1. The van der Waals surface area contributed by atoms with Gasteiger partial charge in [0.2, 0.25) is 21.8 Å². The predicted octanol–water partition coefficient (Wildman–Crippen LogP) is 3.06. The number of piperidine rings is 1.